The molecule has 2 amide bonds. The highest BCUT2D eigenvalue weighted by Gasteiger charge is 2.45. The highest BCUT2D eigenvalue weighted by molar-refractivity contribution is 6.01. The second-order valence-electron chi connectivity index (χ2n) is 6.41. The summed E-state index contributed by atoms with van der Waals surface area (Å²) in [6.07, 6.45) is 0. The molecule has 0 saturated carbocycles. The molecule has 23 heavy (non-hydrogen) atoms. The first kappa shape index (κ1) is 15.6. The standard InChI is InChI=1S/C16H23N5O2/c1-9(2)20-15(22)7-19-16(23)11-5-10(3-4-12(11)17)21-8-13-14(21)6-18-13/h3-5,9,13-14,18H,6-8,17H2,1-2H3,(H,19,23)(H,20,22)/t13?,14-/m1/s1. The summed E-state index contributed by atoms with van der Waals surface area (Å²) < 4.78 is 0. The first-order chi connectivity index (χ1) is 11.0. The van der Waals surface area contributed by atoms with Crippen LogP contribution in [0.5, 0.6) is 0 Å². The monoisotopic (exact) mass is 317 g/mol. The normalized spacial score (nSPS) is 22.0. The van der Waals surface area contributed by atoms with Crippen LogP contribution in [-0.4, -0.2) is 49.6 Å². The van der Waals surface area contributed by atoms with E-state index < -0.39 is 0 Å². The van der Waals surface area contributed by atoms with Crippen molar-refractivity contribution >= 4 is 23.2 Å². The number of amides is 2. The van der Waals surface area contributed by atoms with Crippen molar-refractivity contribution < 1.29 is 9.59 Å². The van der Waals surface area contributed by atoms with Crippen molar-refractivity contribution in [3.05, 3.63) is 23.8 Å². The average molecular weight is 317 g/mol. The van der Waals surface area contributed by atoms with Gasteiger partial charge in [-0.05, 0) is 32.0 Å². The zero-order valence-corrected chi connectivity index (χ0v) is 13.4. The van der Waals surface area contributed by atoms with E-state index in [0.29, 0.717) is 23.3 Å². The molecule has 124 valence electrons. The fourth-order valence-corrected chi connectivity index (χ4v) is 2.96. The lowest BCUT2D eigenvalue weighted by Gasteiger charge is -2.57. The summed E-state index contributed by atoms with van der Waals surface area (Å²) in [5.74, 6) is -0.540. The number of rotatable bonds is 5. The first-order valence-corrected chi connectivity index (χ1v) is 7.93. The van der Waals surface area contributed by atoms with Gasteiger partial charge in [-0.2, -0.15) is 0 Å². The van der Waals surface area contributed by atoms with Crippen LogP contribution in [0, 0.1) is 0 Å². The number of benzene rings is 1. The number of fused-ring (bicyclic) bond motifs is 1. The van der Waals surface area contributed by atoms with Crippen LogP contribution >= 0.6 is 0 Å². The van der Waals surface area contributed by atoms with Gasteiger partial charge in [-0.3, -0.25) is 9.59 Å². The van der Waals surface area contributed by atoms with Crippen LogP contribution < -0.4 is 26.6 Å². The second-order valence-corrected chi connectivity index (χ2v) is 6.41. The number of anilines is 2. The largest absolute Gasteiger partial charge is 0.398 e. The van der Waals surface area contributed by atoms with Crippen molar-refractivity contribution in [1.82, 2.24) is 16.0 Å². The minimum atomic E-state index is -0.327. The summed E-state index contributed by atoms with van der Waals surface area (Å²) in [7, 11) is 0. The number of carbonyl (C=O) groups excluding carboxylic acids is 2. The van der Waals surface area contributed by atoms with Gasteiger partial charge in [-0.15, -0.1) is 0 Å². The van der Waals surface area contributed by atoms with Gasteiger partial charge in [0.05, 0.1) is 18.2 Å². The first-order valence-electron chi connectivity index (χ1n) is 7.93. The molecule has 0 aliphatic carbocycles. The molecule has 2 aliphatic rings. The maximum absolute atomic E-state index is 12.3. The van der Waals surface area contributed by atoms with Crippen molar-refractivity contribution in [3.8, 4) is 0 Å². The van der Waals surface area contributed by atoms with E-state index in [1.165, 1.54) is 0 Å². The predicted octanol–water partition coefficient (Wildman–Crippen LogP) is -0.316. The highest BCUT2D eigenvalue weighted by atomic mass is 16.2. The third-order valence-corrected chi connectivity index (χ3v) is 4.32. The molecule has 2 saturated heterocycles. The molecule has 0 aromatic heterocycles. The zero-order chi connectivity index (χ0) is 16.6. The lowest BCUT2D eigenvalue weighted by molar-refractivity contribution is -0.120. The van der Waals surface area contributed by atoms with Gasteiger partial charge in [0.15, 0.2) is 0 Å². The van der Waals surface area contributed by atoms with Gasteiger partial charge in [-0.25, -0.2) is 0 Å². The van der Waals surface area contributed by atoms with Gasteiger partial charge in [-0.1, -0.05) is 0 Å². The Morgan fingerprint density at radius 2 is 2.22 bits per heavy atom. The van der Waals surface area contributed by atoms with E-state index in [-0.39, 0.29) is 24.4 Å². The maximum atomic E-state index is 12.3. The molecule has 0 spiro atoms. The average Bonchev–Trinajstić information content (AvgIpc) is 2.47. The summed E-state index contributed by atoms with van der Waals surface area (Å²) in [6.45, 7) is 5.62. The van der Waals surface area contributed by atoms with Crippen LogP contribution in [0.15, 0.2) is 18.2 Å². The number of carbonyl (C=O) groups is 2. The SMILES string of the molecule is CC(C)NC(=O)CNC(=O)c1cc(N2CC3NC[C@H]32)ccc1N. The molecule has 3 rings (SSSR count). The molecule has 1 unspecified atom stereocenters. The summed E-state index contributed by atoms with van der Waals surface area (Å²) in [5.41, 5.74) is 7.75. The number of nitrogens with zero attached hydrogens (tertiary/aromatic N) is 1. The van der Waals surface area contributed by atoms with Crippen LogP contribution in [0.1, 0.15) is 24.2 Å². The third kappa shape index (κ3) is 3.10. The molecule has 2 atom stereocenters. The summed E-state index contributed by atoms with van der Waals surface area (Å²) in [6, 6.07) is 6.63. The van der Waals surface area contributed by atoms with Gasteiger partial charge >= 0.3 is 0 Å². The van der Waals surface area contributed by atoms with E-state index in [4.69, 9.17) is 5.73 Å². The van der Waals surface area contributed by atoms with Crippen LogP contribution in [0.3, 0.4) is 0 Å². The van der Waals surface area contributed by atoms with Gasteiger partial charge in [0.25, 0.3) is 5.91 Å². The fraction of sp³-hybridized carbons (Fsp3) is 0.500. The molecular weight excluding hydrogens is 294 g/mol. The molecule has 5 N–H and O–H groups in total. The number of hydrogen-bond donors (Lipinski definition) is 4. The highest BCUT2D eigenvalue weighted by Crippen LogP contribution is 2.32. The van der Waals surface area contributed by atoms with Crippen LogP contribution in [0.2, 0.25) is 0 Å². The van der Waals surface area contributed by atoms with Crippen molar-refractivity contribution in [2.24, 2.45) is 0 Å². The van der Waals surface area contributed by atoms with Crippen molar-refractivity contribution in [3.63, 3.8) is 0 Å². The Morgan fingerprint density at radius 1 is 1.43 bits per heavy atom. The molecule has 1 aromatic rings. The van der Waals surface area contributed by atoms with E-state index in [1.54, 1.807) is 12.1 Å². The van der Waals surface area contributed by atoms with Gasteiger partial charge in [0, 0.05) is 36.5 Å². The lowest BCUT2D eigenvalue weighted by atomic mass is 9.88. The quantitative estimate of drug-likeness (QED) is 0.558. The number of nitrogen functional groups attached to an aromatic ring is 1. The van der Waals surface area contributed by atoms with E-state index in [0.717, 1.165) is 18.8 Å². The van der Waals surface area contributed by atoms with E-state index in [2.05, 4.69) is 20.9 Å². The van der Waals surface area contributed by atoms with Crippen molar-refractivity contribution in [2.75, 3.05) is 30.3 Å². The maximum Gasteiger partial charge on any atom is 0.253 e. The summed E-state index contributed by atoms with van der Waals surface area (Å²) >= 11 is 0. The molecule has 0 radical (unpaired) electrons. The molecule has 7 nitrogen and oxygen atoms in total. The molecule has 2 aliphatic heterocycles. The van der Waals surface area contributed by atoms with Gasteiger partial charge in [0.2, 0.25) is 5.91 Å². The molecular formula is C16H23N5O2. The van der Waals surface area contributed by atoms with E-state index in [1.807, 2.05) is 19.9 Å². The number of nitrogens with two attached hydrogens (primary N) is 1. The Hall–Kier alpha value is -2.28. The van der Waals surface area contributed by atoms with Gasteiger partial charge < -0.3 is 26.6 Å². The van der Waals surface area contributed by atoms with E-state index in [9.17, 15) is 9.59 Å². The Morgan fingerprint density at radius 3 is 2.78 bits per heavy atom. The Bertz CT molecular complexity index is 631. The molecule has 0 bridgehead atoms. The van der Waals surface area contributed by atoms with Crippen LogP contribution in [0.4, 0.5) is 11.4 Å². The molecule has 7 heteroatoms. The summed E-state index contributed by atoms with van der Waals surface area (Å²) in [4.78, 5) is 26.2. The number of hydrogen-bond acceptors (Lipinski definition) is 5. The number of piperazine rings is 1. The summed E-state index contributed by atoms with van der Waals surface area (Å²) in [5, 5.41) is 8.70. The topological polar surface area (TPSA) is 99.5 Å². The van der Waals surface area contributed by atoms with Crippen molar-refractivity contribution in [2.45, 2.75) is 32.0 Å². The Balaban J connectivity index is 1.64. The Labute approximate surface area is 135 Å². The molecule has 1 aromatic carbocycles. The third-order valence-electron chi connectivity index (χ3n) is 4.32. The lowest BCUT2D eigenvalue weighted by Crippen LogP contribution is -2.78. The number of nitrogens with one attached hydrogen (secondary N) is 3. The zero-order valence-electron chi connectivity index (χ0n) is 13.4. The van der Waals surface area contributed by atoms with E-state index >= 15 is 0 Å². The fourth-order valence-electron chi connectivity index (χ4n) is 2.96. The van der Waals surface area contributed by atoms with Crippen molar-refractivity contribution in [1.29, 1.82) is 0 Å². The minimum absolute atomic E-state index is 0.0447. The van der Waals surface area contributed by atoms with Crippen LogP contribution in [0.25, 0.3) is 0 Å². The van der Waals surface area contributed by atoms with Gasteiger partial charge in [0.1, 0.15) is 0 Å². The predicted molar refractivity (Wildman–Crippen MR) is 89.4 cm³/mol. The smallest absolute Gasteiger partial charge is 0.253 e. The molecule has 2 heterocycles. The minimum Gasteiger partial charge on any atom is -0.398 e. The molecule has 2 fully saturated rings. The second kappa shape index (κ2) is 6.08. The van der Waals surface area contributed by atoms with Crippen LogP contribution in [-0.2, 0) is 4.79 Å². The Kier molecular flexibility index (Phi) is 4.12.